The molecule has 1 aliphatic heterocycles. The lowest BCUT2D eigenvalue weighted by Crippen LogP contribution is -2.51. The lowest BCUT2D eigenvalue weighted by Gasteiger charge is -2.35. The second-order valence-electron chi connectivity index (χ2n) is 11.0. The van der Waals surface area contributed by atoms with Crippen LogP contribution in [0.15, 0.2) is 54.6 Å². The van der Waals surface area contributed by atoms with Crippen molar-refractivity contribution < 1.29 is 23.9 Å². The van der Waals surface area contributed by atoms with Crippen LogP contribution in [-0.4, -0.2) is 42.8 Å². The van der Waals surface area contributed by atoms with E-state index in [-0.39, 0.29) is 24.2 Å². The molecule has 8 nitrogen and oxygen atoms in total. The van der Waals surface area contributed by atoms with Crippen LogP contribution in [0.3, 0.4) is 0 Å². The molecule has 2 aromatic rings. The van der Waals surface area contributed by atoms with Gasteiger partial charge in [0.25, 0.3) is 0 Å². The molecule has 1 aliphatic rings. The van der Waals surface area contributed by atoms with Crippen LogP contribution in [0.4, 0.5) is 4.79 Å². The highest BCUT2D eigenvalue weighted by Gasteiger charge is 2.37. The van der Waals surface area contributed by atoms with E-state index in [0.717, 1.165) is 11.1 Å². The van der Waals surface area contributed by atoms with E-state index in [2.05, 4.69) is 16.0 Å². The Balaban J connectivity index is 1.77. The fourth-order valence-corrected chi connectivity index (χ4v) is 5.09. The van der Waals surface area contributed by atoms with Crippen LogP contribution in [0.2, 0.25) is 5.02 Å². The van der Waals surface area contributed by atoms with E-state index in [1.807, 2.05) is 76.2 Å². The minimum Gasteiger partial charge on any atom is -0.440 e. The number of hydrogen-bond acceptors (Lipinski definition) is 5. The summed E-state index contributed by atoms with van der Waals surface area (Å²) in [5, 5.41) is 8.73. The number of carbonyl (C=O) groups is 4. The number of aldehydes is 1. The topological polar surface area (TPSA) is 114 Å². The first kappa shape index (κ1) is 30.2. The van der Waals surface area contributed by atoms with Crippen LogP contribution in [-0.2, 0) is 24.5 Å². The third kappa shape index (κ3) is 8.30. The molecular weight excluding hydrogens is 518 g/mol. The Kier molecular flexibility index (Phi) is 10.5. The Morgan fingerprint density at radius 2 is 1.85 bits per heavy atom. The number of halogens is 1. The van der Waals surface area contributed by atoms with E-state index in [0.29, 0.717) is 30.7 Å². The molecule has 0 aliphatic carbocycles. The normalized spacial score (nSPS) is 17.6. The summed E-state index contributed by atoms with van der Waals surface area (Å²) >= 11 is 6.26. The fourth-order valence-electron chi connectivity index (χ4n) is 4.89. The summed E-state index contributed by atoms with van der Waals surface area (Å²) in [7, 11) is 0. The van der Waals surface area contributed by atoms with Crippen molar-refractivity contribution in [3.63, 3.8) is 0 Å². The highest BCUT2D eigenvalue weighted by molar-refractivity contribution is 6.30. The molecule has 4 unspecified atom stereocenters. The molecule has 0 spiro atoms. The molecule has 1 fully saturated rings. The zero-order valence-corrected chi connectivity index (χ0v) is 23.7. The maximum absolute atomic E-state index is 13.3. The number of benzene rings is 2. The van der Waals surface area contributed by atoms with E-state index in [1.54, 1.807) is 6.07 Å². The number of ether oxygens (including phenoxy) is 1. The molecule has 2 aromatic carbocycles. The number of hydrogen-bond donors (Lipinski definition) is 3. The van der Waals surface area contributed by atoms with E-state index >= 15 is 0 Å². The van der Waals surface area contributed by atoms with Crippen LogP contribution in [0, 0.1) is 11.8 Å². The molecule has 0 aromatic heterocycles. The number of rotatable bonds is 12. The monoisotopic (exact) mass is 555 g/mol. The van der Waals surface area contributed by atoms with Crippen LogP contribution >= 0.6 is 11.6 Å². The average Bonchev–Trinajstić information content (AvgIpc) is 3.30. The fraction of sp³-hybridized carbons (Fsp3) is 0.467. The molecule has 3 N–H and O–H groups in total. The smallest absolute Gasteiger partial charge is 0.408 e. The molecule has 210 valence electrons. The second-order valence-corrected chi connectivity index (χ2v) is 11.5. The molecule has 1 heterocycles. The third-order valence-electron chi connectivity index (χ3n) is 7.06. The number of nitrogens with one attached hydrogen (secondary N) is 3. The molecule has 9 heteroatoms. The first-order valence-electron chi connectivity index (χ1n) is 13.3. The van der Waals surface area contributed by atoms with E-state index in [1.165, 1.54) is 0 Å². The lowest BCUT2D eigenvalue weighted by atomic mass is 9.76. The number of carbonyl (C=O) groups excluding carboxylic acids is 4. The van der Waals surface area contributed by atoms with Gasteiger partial charge in [-0.2, -0.15) is 0 Å². The highest BCUT2D eigenvalue weighted by atomic mass is 35.5. The minimum absolute atomic E-state index is 0.0733. The SMILES string of the molecule is CC(C)CC(NC(=O)OC(c1ccccc1)C(C)(C)c1cccc(Cl)c1)C(=O)NC(C=O)CC1CCNC1=O. The van der Waals surface area contributed by atoms with Gasteiger partial charge in [0.05, 0.1) is 6.04 Å². The summed E-state index contributed by atoms with van der Waals surface area (Å²) in [6.45, 7) is 8.36. The van der Waals surface area contributed by atoms with Crippen molar-refractivity contribution in [2.24, 2.45) is 11.8 Å². The van der Waals surface area contributed by atoms with Gasteiger partial charge >= 0.3 is 6.09 Å². The predicted octanol–water partition coefficient (Wildman–Crippen LogP) is 4.71. The molecule has 39 heavy (non-hydrogen) atoms. The van der Waals surface area contributed by atoms with Crippen molar-refractivity contribution in [2.75, 3.05) is 6.54 Å². The van der Waals surface area contributed by atoms with Gasteiger partial charge in [-0.1, -0.05) is 81.8 Å². The summed E-state index contributed by atoms with van der Waals surface area (Å²) in [6, 6.07) is 15.0. The van der Waals surface area contributed by atoms with Gasteiger partial charge in [-0.25, -0.2) is 4.79 Å². The molecule has 1 saturated heterocycles. The van der Waals surface area contributed by atoms with E-state index < -0.39 is 35.6 Å². The van der Waals surface area contributed by atoms with Crippen LogP contribution < -0.4 is 16.0 Å². The highest BCUT2D eigenvalue weighted by Crippen LogP contribution is 2.40. The zero-order valence-electron chi connectivity index (χ0n) is 22.9. The molecule has 4 atom stereocenters. The molecule has 3 rings (SSSR count). The van der Waals surface area contributed by atoms with Crippen molar-refractivity contribution in [1.29, 1.82) is 0 Å². The van der Waals surface area contributed by atoms with Crippen molar-refractivity contribution in [2.45, 2.75) is 70.6 Å². The number of amides is 3. The Bertz CT molecular complexity index is 1150. The molecule has 0 saturated carbocycles. The molecule has 3 amide bonds. The van der Waals surface area contributed by atoms with Crippen molar-refractivity contribution in [1.82, 2.24) is 16.0 Å². The van der Waals surface area contributed by atoms with Crippen LogP contribution in [0.1, 0.15) is 64.2 Å². The Hall–Kier alpha value is -3.39. The molecule has 0 bridgehead atoms. The van der Waals surface area contributed by atoms with Crippen LogP contribution in [0.5, 0.6) is 0 Å². The Labute approximate surface area is 235 Å². The zero-order chi connectivity index (χ0) is 28.6. The van der Waals surface area contributed by atoms with Gasteiger partial charge in [0.1, 0.15) is 18.4 Å². The summed E-state index contributed by atoms with van der Waals surface area (Å²) in [5.74, 6) is -0.876. The number of alkyl carbamates (subject to hydrolysis) is 1. The van der Waals surface area contributed by atoms with Gasteiger partial charge in [0.15, 0.2) is 0 Å². The summed E-state index contributed by atoms with van der Waals surface area (Å²) in [6.07, 6.45) is 0.352. The first-order chi connectivity index (χ1) is 18.5. The van der Waals surface area contributed by atoms with Crippen molar-refractivity contribution >= 4 is 35.8 Å². The van der Waals surface area contributed by atoms with Gasteiger partial charge < -0.3 is 25.5 Å². The third-order valence-corrected chi connectivity index (χ3v) is 7.30. The Morgan fingerprint density at radius 1 is 1.13 bits per heavy atom. The van der Waals surface area contributed by atoms with Crippen molar-refractivity contribution in [3.05, 3.63) is 70.7 Å². The lowest BCUT2D eigenvalue weighted by molar-refractivity contribution is -0.127. The largest absolute Gasteiger partial charge is 0.440 e. The Morgan fingerprint density at radius 3 is 2.44 bits per heavy atom. The average molecular weight is 556 g/mol. The second kappa shape index (κ2) is 13.6. The van der Waals surface area contributed by atoms with Gasteiger partial charge in [-0.05, 0) is 48.4 Å². The maximum Gasteiger partial charge on any atom is 0.408 e. The van der Waals surface area contributed by atoms with Gasteiger partial charge in [-0.15, -0.1) is 0 Å². The first-order valence-corrected chi connectivity index (χ1v) is 13.7. The van der Waals surface area contributed by atoms with Gasteiger partial charge in [-0.3, -0.25) is 9.59 Å². The summed E-state index contributed by atoms with van der Waals surface area (Å²) in [4.78, 5) is 50.1. The van der Waals surface area contributed by atoms with E-state index in [4.69, 9.17) is 16.3 Å². The molecular formula is C30H38ClN3O5. The summed E-state index contributed by atoms with van der Waals surface area (Å²) in [5.41, 5.74) is 1.01. The summed E-state index contributed by atoms with van der Waals surface area (Å²) < 4.78 is 6.02. The maximum atomic E-state index is 13.3. The van der Waals surface area contributed by atoms with E-state index in [9.17, 15) is 19.2 Å². The van der Waals surface area contributed by atoms with Crippen molar-refractivity contribution in [3.8, 4) is 0 Å². The quantitative estimate of drug-likeness (QED) is 0.328. The minimum atomic E-state index is -0.928. The standard InChI is InChI=1S/C30H38ClN3O5/c1-19(2)15-25(28(37)33-24(18-35)16-21-13-14-32-27(21)36)34-29(38)39-26(20-9-6-5-7-10-20)30(3,4)22-11-8-12-23(31)17-22/h5-12,17-19,21,24-26H,13-16H2,1-4H3,(H,32,36)(H,33,37)(H,34,38). The molecule has 0 radical (unpaired) electrons. The predicted molar refractivity (Wildman–Crippen MR) is 150 cm³/mol. The van der Waals surface area contributed by atoms with Gasteiger partial charge in [0.2, 0.25) is 11.8 Å². The van der Waals surface area contributed by atoms with Crippen LogP contribution in [0.25, 0.3) is 0 Å². The van der Waals surface area contributed by atoms with Gasteiger partial charge in [0, 0.05) is 22.9 Å².